The molecule has 0 saturated carbocycles. The average molecular weight is 290 g/mol. The van der Waals surface area contributed by atoms with Crippen molar-refractivity contribution in [3.63, 3.8) is 0 Å². The van der Waals surface area contributed by atoms with Crippen LogP contribution >= 0.6 is 0 Å². The zero-order chi connectivity index (χ0) is 15.4. The topological polar surface area (TPSA) is 127 Å². The van der Waals surface area contributed by atoms with E-state index in [0.29, 0.717) is 12.2 Å². The number of amides is 3. The number of nitrogens with two attached hydrogens (primary N) is 2. The van der Waals surface area contributed by atoms with Gasteiger partial charge in [-0.25, -0.2) is 0 Å². The van der Waals surface area contributed by atoms with Gasteiger partial charge in [0.2, 0.25) is 17.7 Å². The van der Waals surface area contributed by atoms with Gasteiger partial charge in [0, 0.05) is 23.4 Å². The van der Waals surface area contributed by atoms with Crippen molar-refractivity contribution >= 4 is 23.4 Å². The predicted molar refractivity (Wildman–Crippen MR) is 77.7 cm³/mol. The molecule has 0 radical (unpaired) electrons. The monoisotopic (exact) mass is 290 g/mol. The van der Waals surface area contributed by atoms with Gasteiger partial charge >= 0.3 is 0 Å². The second kappa shape index (κ2) is 6.36. The van der Waals surface area contributed by atoms with E-state index in [1.54, 1.807) is 0 Å². The molecule has 0 aromatic heterocycles. The minimum Gasteiger partial charge on any atom is -0.366 e. The lowest BCUT2D eigenvalue weighted by atomic mass is 9.98. The molecule has 1 atom stereocenters. The van der Waals surface area contributed by atoms with E-state index < -0.39 is 11.8 Å². The minimum absolute atomic E-state index is 0.128. The number of carbonyl (C=O) groups excluding carboxylic acids is 3. The van der Waals surface area contributed by atoms with Crippen LogP contribution in [0.1, 0.15) is 33.6 Å². The van der Waals surface area contributed by atoms with Crippen molar-refractivity contribution in [1.29, 1.82) is 0 Å². The van der Waals surface area contributed by atoms with E-state index >= 15 is 0 Å². The van der Waals surface area contributed by atoms with E-state index in [4.69, 9.17) is 11.5 Å². The first kappa shape index (κ1) is 15.0. The Bertz CT molecular complexity index is 547. The molecule has 0 aliphatic carbocycles. The number of benzene rings is 1. The van der Waals surface area contributed by atoms with Crippen LogP contribution in [0.5, 0.6) is 0 Å². The maximum atomic E-state index is 12.1. The molecule has 3 amide bonds. The van der Waals surface area contributed by atoms with Gasteiger partial charge in [0.15, 0.2) is 0 Å². The molecule has 1 fully saturated rings. The molecule has 2 rings (SSSR count). The van der Waals surface area contributed by atoms with Crippen LogP contribution in [0.15, 0.2) is 18.2 Å². The normalized spacial score (nSPS) is 18.0. The van der Waals surface area contributed by atoms with Gasteiger partial charge in [0.05, 0.1) is 5.92 Å². The summed E-state index contributed by atoms with van der Waals surface area (Å²) in [6.07, 6.45) is 1.74. The smallest absolute Gasteiger partial charge is 0.248 e. The Morgan fingerprint density at radius 2 is 1.71 bits per heavy atom. The van der Waals surface area contributed by atoms with Gasteiger partial charge in [-0.2, -0.15) is 0 Å². The molecule has 1 aliphatic heterocycles. The van der Waals surface area contributed by atoms with Crippen molar-refractivity contribution in [2.75, 3.05) is 18.4 Å². The molecule has 1 saturated heterocycles. The summed E-state index contributed by atoms with van der Waals surface area (Å²) in [7, 11) is 0. The van der Waals surface area contributed by atoms with Crippen LogP contribution in [0.4, 0.5) is 5.69 Å². The molecular weight excluding hydrogens is 272 g/mol. The lowest BCUT2D eigenvalue weighted by Gasteiger charge is -2.22. The summed E-state index contributed by atoms with van der Waals surface area (Å²) < 4.78 is 0. The van der Waals surface area contributed by atoms with Crippen LogP contribution in [0.2, 0.25) is 0 Å². The van der Waals surface area contributed by atoms with Crippen LogP contribution in [0.25, 0.3) is 0 Å². The van der Waals surface area contributed by atoms with E-state index in [-0.39, 0.29) is 23.0 Å². The van der Waals surface area contributed by atoms with Crippen molar-refractivity contribution in [3.8, 4) is 0 Å². The van der Waals surface area contributed by atoms with Crippen molar-refractivity contribution in [1.82, 2.24) is 5.32 Å². The summed E-state index contributed by atoms with van der Waals surface area (Å²) >= 11 is 0. The Morgan fingerprint density at radius 1 is 1.10 bits per heavy atom. The van der Waals surface area contributed by atoms with E-state index in [1.165, 1.54) is 18.2 Å². The van der Waals surface area contributed by atoms with Crippen LogP contribution in [-0.2, 0) is 4.79 Å². The predicted octanol–water partition coefficient (Wildman–Crippen LogP) is -0.177. The zero-order valence-corrected chi connectivity index (χ0v) is 11.5. The Hall–Kier alpha value is -2.41. The molecule has 112 valence electrons. The summed E-state index contributed by atoms with van der Waals surface area (Å²) in [6, 6.07) is 4.17. The molecule has 7 heteroatoms. The standard InChI is InChI=1S/C14H18N4O3/c15-12(19)9-4-10(13(16)20)6-11(5-9)18-14(21)8-2-1-3-17-7-8/h4-6,8,17H,1-3,7H2,(H2,15,19)(H2,16,20)(H,18,21). The third-order valence-corrected chi connectivity index (χ3v) is 3.44. The van der Waals surface area contributed by atoms with Crippen molar-refractivity contribution in [3.05, 3.63) is 29.3 Å². The number of rotatable bonds is 4. The van der Waals surface area contributed by atoms with Gasteiger partial charge in [-0.15, -0.1) is 0 Å². The first-order valence-corrected chi connectivity index (χ1v) is 6.73. The molecular formula is C14H18N4O3. The Labute approximate surface area is 122 Å². The highest BCUT2D eigenvalue weighted by molar-refractivity contribution is 6.02. The second-order valence-corrected chi connectivity index (χ2v) is 5.06. The van der Waals surface area contributed by atoms with Crippen LogP contribution in [0.3, 0.4) is 0 Å². The fourth-order valence-electron chi connectivity index (χ4n) is 2.30. The van der Waals surface area contributed by atoms with Crippen molar-refractivity contribution < 1.29 is 14.4 Å². The third-order valence-electron chi connectivity index (χ3n) is 3.44. The van der Waals surface area contributed by atoms with Gasteiger partial charge in [-0.1, -0.05) is 0 Å². The summed E-state index contributed by atoms with van der Waals surface area (Å²) in [6.45, 7) is 1.52. The minimum atomic E-state index is -0.687. The molecule has 1 aromatic carbocycles. The molecule has 0 spiro atoms. The number of carbonyl (C=O) groups is 3. The van der Waals surface area contributed by atoms with Gasteiger partial charge in [0.1, 0.15) is 0 Å². The van der Waals surface area contributed by atoms with E-state index in [9.17, 15) is 14.4 Å². The number of primary amides is 2. The highest BCUT2D eigenvalue weighted by Gasteiger charge is 2.21. The fourth-order valence-corrected chi connectivity index (χ4v) is 2.30. The average Bonchev–Trinajstić information content (AvgIpc) is 2.47. The molecule has 1 heterocycles. The van der Waals surface area contributed by atoms with E-state index in [1.807, 2.05) is 0 Å². The van der Waals surface area contributed by atoms with Gasteiger partial charge in [-0.3, -0.25) is 14.4 Å². The van der Waals surface area contributed by atoms with Crippen LogP contribution in [-0.4, -0.2) is 30.8 Å². The second-order valence-electron chi connectivity index (χ2n) is 5.06. The number of piperidine rings is 1. The Balaban J connectivity index is 2.20. The van der Waals surface area contributed by atoms with Crippen molar-refractivity contribution in [2.45, 2.75) is 12.8 Å². The summed E-state index contributed by atoms with van der Waals surface area (Å²) in [5, 5.41) is 5.86. The fraction of sp³-hybridized carbons (Fsp3) is 0.357. The highest BCUT2D eigenvalue weighted by Crippen LogP contribution is 2.18. The molecule has 7 nitrogen and oxygen atoms in total. The molecule has 21 heavy (non-hydrogen) atoms. The van der Waals surface area contributed by atoms with E-state index in [2.05, 4.69) is 10.6 Å². The number of hydrogen-bond donors (Lipinski definition) is 4. The summed E-state index contributed by atoms with van der Waals surface area (Å²) in [4.78, 5) is 34.7. The maximum Gasteiger partial charge on any atom is 0.248 e. The lowest BCUT2D eigenvalue weighted by molar-refractivity contribution is -0.120. The van der Waals surface area contributed by atoms with Crippen molar-refractivity contribution in [2.24, 2.45) is 17.4 Å². The Kier molecular flexibility index (Phi) is 4.54. The van der Waals surface area contributed by atoms with Gasteiger partial charge in [0.25, 0.3) is 0 Å². The largest absolute Gasteiger partial charge is 0.366 e. The quantitative estimate of drug-likeness (QED) is 0.613. The first-order chi connectivity index (χ1) is 9.97. The van der Waals surface area contributed by atoms with Crippen LogP contribution < -0.4 is 22.1 Å². The molecule has 0 bridgehead atoms. The molecule has 1 aromatic rings. The van der Waals surface area contributed by atoms with Gasteiger partial charge in [-0.05, 0) is 37.6 Å². The highest BCUT2D eigenvalue weighted by atomic mass is 16.2. The first-order valence-electron chi connectivity index (χ1n) is 6.73. The lowest BCUT2D eigenvalue weighted by Crippen LogP contribution is -2.37. The molecule has 6 N–H and O–H groups in total. The van der Waals surface area contributed by atoms with Crippen LogP contribution in [0, 0.1) is 5.92 Å². The summed E-state index contributed by atoms with van der Waals surface area (Å²) in [5.41, 5.74) is 11.0. The summed E-state index contributed by atoms with van der Waals surface area (Å²) in [5.74, 6) is -1.66. The van der Waals surface area contributed by atoms with E-state index in [0.717, 1.165) is 19.4 Å². The number of nitrogens with one attached hydrogen (secondary N) is 2. The zero-order valence-electron chi connectivity index (χ0n) is 11.5. The third kappa shape index (κ3) is 3.79. The SMILES string of the molecule is NC(=O)c1cc(NC(=O)C2CCCNC2)cc(C(N)=O)c1. The Morgan fingerprint density at radius 3 is 2.19 bits per heavy atom. The number of anilines is 1. The van der Waals surface area contributed by atoms with Gasteiger partial charge < -0.3 is 22.1 Å². The maximum absolute atomic E-state index is 12.1. The number of hydrogen-bond acceptors (Lipinski definition) is 4. The molecule has 1 aliphatic rings. The molecule has 1 unspecified atom stereocenters.